The van der Waals surface area contributed by atoms with Crippen molar-refractivity contribution in [1.82, 2.24) is 15.1 Å². The van der Waals surface area contributed by atoms with Crippen molar-refractivity contribution in [3.05, 3.63) is 65.2 Å². The summed E-state index contributed by atoms with van der Waals surface area (Å²) in [5.41, 5.74) is 0.438. The van der Waals surface area contributed by atoms with Crippen molar-refractivity contribution in [2.24, 2.45) is 0 Å². The smallest absolute Gasteiger partial charge is 0.291 e. The zero-order valence-electron chi connectivity index (χ0n) is 16.4. The van der Waals surface area contributed by atoms with Gasteiger partial charge in [0, 0.05) is 5.69 Å². The molecule has 0 radical (unpaired) electrons. The predicted octanol–water partition coefficient (Wildman–Crippen LogP) is 3.37. The normalized spacial score (nSPS) is 14.5. The lowest BCUT2D eigenvalue weighted by atomic mass is 10.3. The molecule has 0 spiro atoms. The van der Waals surface area contributed by atoms with Crippen LogP contribution in [-0.4, -0.2) is 42.5 Å². The molecule has 4 rings (SSSR count). The molecule has 0 unspecified atom stereocenters. The van der Waals surface area contributed by atoms with Gasteiger partial charge in [-0.3, -0.25) is 14.4 Å². The molecular formula is C20H20ClN5O4S. The molecule has 1 aromatic carbocycles. The Balaban J connectivity index is 1.38. The monoisotopic (exact) mass is 461 g/mol. The Morgan fingerprint density at radius 3 is 2.45 bits per heavy atom. The zero-order valence-corrected chi connectivity index (χ0v) is 18.0. The second kappa shape index (κ2) is 9.04. The summed E-state index contributed by atoms with van der Waals surface area (Å²) in [6.45, 7) is 2.76. The molecule has 1 amide bonds. The van der Waals surface area contributed by atoms with Crippen LogP contribution in [0, 0.1) is 0 Å². The van der Waals surface area contributed by atoms with Crippen molar-refractivity contribution < 1.29 is 17.6 Å². The SMILES string of the molecule is O=C(Nc1ccc(S(=O)(=O)Nc2ccc(Cl)nn2)cc1)c1ccc(CN2CCCC2)o1. The number of likely N-dealkylation sites (tertiary alicyclic amines) is 1. The molecule has 3 heterocycles. The summed E-state index contributed by atoms with van der Waals surface area (Å²) in [7, 11) is -3.86. The molecule has 1 fully saturated rings. The number of amides is 1. The quantitative estimate of drug-likeness (QED) is 0.553. The van der Waals surface area contributed by atoms with E-state index in [0.29, 0.717) is 12.2 Å². The number of carbonyl (C=O) groups excluding carboxylic acids is 1. The van der Waals surface area contributed by atoms with E-state index >= 15 is 0 Å². The first-order chi connectivity index (χ1) is 14.9. The van der Waals surface area contributed by atoms with Crippen molar-refractivity contribution >= 4 is 39.0 Å². The van der Waals surface area contributed by atoms with E-state index in [0.717, 1.165) is 18.8 Å². The van der Waals surface area contributed by atoms with Crippen LogP contribution in [0.4, 0.5) is 11.5 Å². The number of benzene rings is 1. The third-order valence-electron chi connectivity index (χ3n) is 4.76. The molecule has 0 saturated carbocycles. The average Bonchev–Trinajstić information content (AvgIpc) is 3.43. The van der Waals surface area contributed by atoms with Crippen LogP contribution in [0.2, 0.25) is 5.15 Å². The molecule has 9 nitrogen and oxygen atoms in total. The fraction of sp³-hybridized carbons (Fsp3) is 0.250. The number of hydrogen-bond acceptors (Lipinski definition) is 7. The molecule has 3 aromatic rings. The van der Waals surface area contributed by atoms with Crippen LogP contribution in [0.5, 0.6) is 0 Å². The van der Waals surface area contributed by atoms with Crippen molar-refractivity contribution in [2.75, 3.05) is 23.1 Å². The largest absolute Gasteiger partial charge is 0.455 e. The molecular weight excluding hydrogens is 442 g/mol. The highest BCUT2D eigenvalue weighted by atomic mass is 35.5. The lowest BCUT2D eigenvalue weighted by molar-refractivity contribution is 0.0993. The van der Waals surface area contributed by atoms with E-state index in [4.69, 9.17) is 16.0 Å². The molecule has 2 aromatic heterocycles. The number of anilines is 2. The standard InChI is InChI=1S/C20H20ClN5O4S/c21-18-9-10-19(24-23-18)25-31(28,29)16-6-3-14(4-7-16)22-20(27)17-8-5-15(30-17)13-26-11-1-2-12-26/h3-10H,1-2,11-13H2,(H,22,27)(H,24,25). The molecule has 1 aliphatic heterocycles. The lowest BCUT2D eigenvalue weighted by Gasteiger charge is -2.11. The number of furan rings is 1. The van der Waals surface area contributed by atoms with Crippen LogP contribution in [0.3, 0.4) is 0 Å². The average molecular weight is 462 g/mol. The van der Waals surface area contributed by atoms with E-state index < -0.39 is 15.9 Å². The lowest BCUT2D eigenvalue weighted by Crippen LogP contribution is -2.18. The highest BCUT2D eigenvalue weighted by Gasteiger charge is 2.18. The number of halogens is 1. The third-order valence-corrected chi connectivity index (χ3v) is 6.33. The van der Waals surface area contributed by atoms with Crippen molar-refractivity contribution in [1.29, 1.82) is 0 Å². The number of aromatic nitrogens is 2. The Kier molecular flexibility index (Phi) is 6.21. The Hall–Kier alpha value is -2.95. The second-order valence-electron chi connectivity index (χ2n) is 7.07. The highest BCUT2D eigenvalue weighted by Crippen LogP contribution is 2.19. The van der Waals surface area contributed by atoms with E-state index in [9.17, 15) is 13.2 Å². The fourth-order valence-electron chi connectivity index (χ4n) is 3.22. The Bertz CT molecular complexity index is 1160. The van der Waals surface area contributed by atoms with Crippen LogP contribution < -0.4 is 10.0 Å². The van der Waals surface area contributed by atoms with Gasteiger partial charge in [-0.25, -0.2) is 8.42 Å². The summed E-state index contributed by atoms with van der Waals surface area (Å²) in [5, 5.41) is 10.1. The zero-order chi connectivity index (χ0) is 21.8. The second-order valence-corrected chi connectivity index (χ2v) is 9.14. The van der Waals surface area contributed by atoms with Crippen LogP contribution >= 0.6 is 11.6 Å². The molecule has 162 valence electrons. The van der Waals surface area contributed by atoms with Gasteiger partial charge in [-0.2, -0.15) is 0 Å². The molecule has 11 heteroatoms. The Labute approximate surface area is 184 Å². The Morgan fingerprint density at radius 2 is 1.77 bits per heavy atom. The number of nitrogens with one attached hydrogen (secondary N) is 2. The van der Waals surface area contributed by atoms with Crippen molar-refractivity contribution in [3.63, 3.8) is 0 Å². The molecule has 0 bridgehead atoms. The number of rotatable bonds is 7. The molecule has 0 atom stereocenters. The van der Waals surface area contributed by atoms with Crippen molar-refractivity contribution in [2.45, 2.75) is 24.3 Å². The maximum Gasteiger partial charge on any atom is 0.291 e. The fourth-order valence-corrected chi connectivity index (χ4v) is 4.32. The highest BCUT2D eigenvalue weighted by molar-refractivity contribution is 7.92. The minimum absolute atomic E-state index is 0.00754. The third kappa shape index (κ3) is 5.40. The number of carbonyl (C=O) groups is 1. The first-order valence-electron chi connectivity index (χ1n) is 9.64. The van der Waals surface area contributed by atoms with E-state index in [1.54, 1.807) is 12.1 Å². The van der Waals surface area contributed by atoms with Crippen LogP contribution in [0.15, 0.2) is 57.8 Å². The topological polar surface area (TPSA) is 117 Å². The molecule has 2 N–H and O–H groups in total. The van der Waals surface area contributed by atoms with Gasteiger partial charge in [0.2, 0.25) is 0 Å². The minimum atomic E-state index is -3.86. The van der Waals surface area contributed by atoms with Crippen LogP contribution in [0.1, 0.15) is 29.2 Å². The van der Waals surface area contributed by atoms with Crippen LogP contribution in [-0.2, 0) is 16.6 Å². The van der Waals surface area contributed by atoms with E-state index in [2.05, 4.69) is 25.1 Å². The molecule has 1 aliphatic rings. The van der Waals surface area contributed by atoms with Gasteiger partial charge in [-0.05, 0) is 74.5 Å². The maximum atomic E-state index is 12.5. The number of nitrogens with zero attached hydrogens (tertiary/aromatic N) is 3. The molecule has 1 saturated heterocycles. The summed E-state index contributed by atoms with van der Waals surface area (Å²) >= 11 is 5.65. The van der Waals surface area contributed by atoms with Gasteiger partial charge >= 0.3 is 0 Å². The van der Waals surface area contributed by atoms with Gasteiger partial charge in [0.25, 0.3) is 15.9 Å². The maximum absolute atomic E-state index is 12.5. The first-order valence-corrected chi connectivity index (χ1v) is 11.5. The molecule has 31 heavy (non-hydrogen) atoms. The molecule has 0 aliphatic carbocycles. The van der Waals surface area contributed by atoms with Gasteiger partial charge in [-0.1, -0.05) is 11.6 Å². The van der Waals surface area contributed by atoms with Gasteiger partial charge in [-0.15, -0.1) is 10.2 Å². The van der Waals surface area contributed by atoms with E-state index in [1.807, 2.05) is 0 Å². The van der Waals surface area contributed by atoms with Gasteiger partial charge in [0.05, 0.1) is 11.4 Å². The van der Waals surface area contributed by atoms with Gasteiger partial charge in [0.1, 0.15) is 5.76 Å². The van der Waals surface area contributed by atoms with Crippen molar-refractivity contribution in [3.8, 4) is 0 Å². The number of sulfonamides is 1. The van der Waals surface area contributed by atoms with Gasteiger partial charge < -0.3 is 9.73 Å². The van der Waals surface area contributed by atoms with E-state index in [1.165, 1.54) is 49.2 Å². The summed E-state index contributed by atoms with van der Waals surface area (Å²) in [6, 6.07) is 12.0. The van der Waals surface area contributed by atoms with Gasteiger partial charge in [0.15, 0.2) is 16.7 Å². The minimum Gasteiger partial charge on any atom is -0.455 e. The summed E-state index contributed by atoms with van der Waals surface area (Å²) in [5.74, 6) is 0.584. The van der Waals surface area contributed by atoms with Crippen LogP contribution in [0.25, 0.3) is 0 Å². The summed E-state index contributed by atoms with van der Waals surface area (Å²) in [6.07, 6.45) is 2.37. The summed E-state index contributed by atoms with van der Waals surface area (Å²) < 4.78 is 32.9. The summed E-state index contributed by atoms with van der Waals surface area (Å²) in [4.78, 5) is 14.7. The predicted molar refractivity (Wildman–Crippen MR) is 115 cm³/mol. The first kappa shape index (κ1) is 21.3. The Morgan fingerprint density at radius 1 is 1.03 bits per heavy atom. The van der Waals surface area contributed by atoms with E-state index in [-0.39, 0.29) is 21.6 Å². The number of hydrogen-bond donors (Lipinski definition) is 2.